The van der Waals surface area contributed by atoms with E-state index in [4.69, 9.17) is 4.74 Å². The predicted octanol–water partition coefficient (Wildman–Crippen LogP) is 3.98. The van der Waals surface area contributed by atoms with Crippen LogP contribution in [0.3, 0.4) is 0 Å². The molecule has 22 heavy (non-hydrogen) atoms. The van der Waals surface area contributed by atoms with E-state index in [1.54, 1.807) is 0 Å². The Kier molecular flexibility index (Phi) is 3.56. The van der Waals surface area contributed by atoms with Gasteiger partial charge in [-0.25, -0.2) is 0 Å². The number of rotatable bonds is 4. The highest BCUT2D eigenvalue weighted by molar-refractivity contribution is 5.74. The third-order valence-electron chi connectivity index (χ3n) is 3.24. The lowest BCUT2D eigenvalue weighted by molar-refractivity contribution is -0.141. The van der Waals surface area contributed by atoms with Crippen molar-refractivity contribution >= 4 is 6.29 Å². The lowest BCUT2D eigenvalue weighted by Gasteiger charge is -2.10. The van der Waals surface area contributed by atoms with Gasteiger partial charge < -0.3 is 4.74 Å². The second-order valence-electron chi connectivity index (χ2n) is 5.02. The van der Waals surface area contributed by atoms with Crippen molar-refractivity contribution in [2.24, 2.45) is 0 Å². The molecular formula is C15H11F3N2O2. The normalized spacial score (nSPS) is 14.7. The monoisotopic (exact) mass is 308 g/mol. The molecule has 0 atom stereocenters. The van der Waals surface area contributed by atoms with Crippen LogP contribution in [0.1, 0.15) is 40.5 Å². The number of aldehydes is 1. The summed E-state index contributed by atoms with van der Waals surface area (Å²) >= 11 is 0. The highest BCUT2D eigenvalue weighted by Crippen LogP contribution is 2.41. The van der Waals surface area contributed by atoms with Gasteiger partial charge in [0, 0.05) is 11.5 Å². The molecule has 1 aromatic carbocycles. The largest absolute Gasteiger partial charge is 0.433 e. The molecule has 1 heterocycles. The maximum absolute atomic E-state index is 12.9. The van der Waals surface area contributed by atoms with Crippen LogP contribution in [0.15, 0.2) is 30.3 Å². The van der Waals surface area contributed by atoms with Gasteiger partial charge in [-0.15, -0.1) is 0 Å². The van der Waals surface area contributed by atoms with Crippen LogP contribution in [-0.2, 0) is 6.18 Å². The van der Waals surface area contributed by atoms with E-state index in [0.717, 1.165) is 18.9 Å². The SMILES string of the molecule is O=Cc1ccc(Oc2nc(C3CC3)cc(C(F)(F)F)n2)cc1. The van der Waals surface area contributed by atoms with Crippen molar-refractivity contribution in [3.05, 3.63) is 47.3 Å². The molecule has 2 aromatic rings. The summed E-state index contributed by atoms with van der Waals surface area (Å²) in [6, 6.07) is 6.58. The summed E-state index contributed by atoms with van der Waals surface area (Å²) in [5.41, 5.74) is -0.221. The average Bonchev–Trinajstić information content (AvgIpc) is 3.31. The molecule has 0 radical (unpaired) electrons. The first-order valence-electron chi connectivity index (χ1n) is 6.65. The molecule has 1 aliphatic rings. The maximum atomic E-state index is 12.9. The molecule has 7 heteroatoms. The van der Waals surface area contributed by atoms with Gasteiger partial charge in [-0.05, 0) is 43.2 Å². The van der Waals surface area contributed by atoms with Gasteiger partial charge in [0.25, 0.3) is 0 Å². The minimum absolute atomic E-state index is 0.0453. The summed E-state index contributed by atoms with van der Waals surface area (Å²) in [6.07, 6.45) is -2.24. The zero-order valence-electron chi connectivity index (χ0n) is 11.3. The fourth-order valence-corrected chi connectivity index (χ4v) is 1.94. The van der Waals surface area contributed by atoms with Gasteiger partial charge in [0.1, 0.15) is 12.0 Å². The highest BCUT2D eigenvalue weighted by Gasteiger charge is 2.36. The summed E-state index contributed by atoms with van der Waals surface area (Å²) in [4.78, 5) is 18.0. The maximum Gasteiger partial charge on any atom is 0.433 e. The quantitative estimate of drug-likeness (QED) is 0.802. The number of nitrogens with zero attached hydrogens (tertiary/aromatic N) is 2. The van der Waals surface area contributed by atoms with Gasteiger partial charge in [0.2, 0.25) is 0 Å². The average molecular weight is 308 g/mol. The minimum atomic E-state index is -4.55. The third-order valence-corrected chi connectivity index (χ3v) is 3.24. The fourth-order valence-electron chi connectivity index (χ4n) is 1.94. The molecule has 0 bridgehead atoms. The second-order valence-corrected chi connectivity index (χ2v) is 5.02. The number of halogens is 3. The van der Waals surface area contributed by atoms with Gasteiger partial charge >= 0.3 is 12.2 Å². The fraction of sp³-hybridized carbons (Fsp3) is 0.267. The summed E-state index contributed by atoms with van der Waals surface area (Å²) in [5.74, 6) is 0.315. The van der Waals surface area contributed by atoms with Crippen molar-refractivity contribution in [2.75, 3.05) is 0 Å². The molecule has 0 saturated heterocycles. The summed E-state index contributed by atoms with van der Waals surface area (Å²) in [5, 5.41) is 0. The zero-order valence-corrected chi connectivity index (χ0v) is 11.3. The Hall–Kier alpha value is -2.44. The summed E-state index contributed by atoms with van der Waals surface area (Å²) in [6.45, 7) is 0. The van der Waals surface area contributed by atoms with Crippen molar-refractivity contribution in [3.63, 3.8) is 0 Å². The molecule has 0 unspecified atom stereocenters. The van der Waals surface area contributed by atoms with Crippen molar-refractivity contribution in [1.29, 1.82) is 0 Å². The molecule has 0 N–H and O–H groups in total. The molecule has 4 nitrogen and oxygen atoms in total. The molecule has 0 spiro atoms. The first-order chi connectivity index (χ1) is 10.5. The van der Waals surface area contributed by atoms with Crippen LogP contribution < -0.4 is 4.74 Å². The molecule has 1 aromatic heterocycles. The van der Waals surface area contributed by atoms with Crippen LogP contribution in [0.2, 0.25) is 0 Å². The van der Waals surface area contributed by atoms with Crippen LogP contribution >= 0.6 is 0 Å². The Balaban J connectivity index is 1.91. The van der Waals surface area contributed by atoms with Crippen molar-refractivity contribution in [2.45, 2.75) is 24.9 Å². The number of ether oxygens (including phenoxy) is 1. The van der Waals surface area contributed by atoms with Crippen LogP contribution in [0.25, 0.3) is 0 Å². The Labute approximate surface area is 124 Å². The number of aromatic nitrogens is 2. The van der Waals surface area contributed by atoms with Crippen LogP contribution in [0.5, 0.6) is 11.8 Å². The smallest absolute Gasteiger partial charge is 0.424 e. The van der Waals surface area contributed by atoms with Crippen molar-refractivity contribution in [1.82, 2.24) is 9.97 Å². The van der Waals surface area contributed by atoms with Gasteiger partial charge in [0.15, 0.2) is 5.69 Å². The van der Waals surface area contributed by atoms with E-state index in [1.165, 1.54) is 24.3 Å². The van der Waals surface area contributed by atoms with Gasteiger partial charge in [-0.3, -0.25) is 4.79 Å². The van der Waals surface area contributed by atoms with Crippen molar-refractivity contribution in [3.8, 4) is 11.8 Å². The second kappa shape index (κ2) is 5.40. The first-order valence-corrected chi connectivity index (χ1v) is 6.65. The molecule has 1 aliphatic carbocycles. The van der Waals surface area contributed by atoms with Crippen LogP contribution in [-0.4, -0.2) is 16.3 Å². The number of carbonyl (C=O) groups excluding carboxylic acids is 1. The standard InChI is InChI=1S/C15H11F3N2O2/c16-15(17,18)13-7-12(10-3-4-10)19-14(20-13)22-11-5-1-9(8-21)2-6-11/h1-2,5-8,10H,3-4H2. The lowest BCUT2D eigenvalue weighted by Crippen LogP contribution is -2.11. The van der Waals surface area contributed by atoms with Gasteiger partial charge in [-0.2, -0.15) is 23.1 Å². The number of benzene rings is 1. The van der Waals surface area contributed by atoms with E-state index >= 15 is 0 Å². The Bertz CT molecular complexity index is 695. The summed E-state index contributed by atoms with van der Waals surface area (Å²) in [7, 11) is 0. The number of hydrogen-bond donors (Lipinski definition) is 0. The number of alkyl halides is 3. The molecular weight excluding hydrogens is 297 g/mol. The molecule has 3 rings (SSSR count). The van der Waals surface area contributed by atoms with E-state index in [2.05, 4.69) is 9.97 Å². The van der Waals surface area contributed by atoms with Crippen molar-refractivity contribution < 1.29 is 22.7 Å². The van der Waals surface area contributed by atoms with Gasteiger partial charge in [-0.1, -0.05) is 0 Å². The molecule has 1 fully saturated rings. The molecule has 1 saturated carbocycles. The number of carbonyl (C=O) groups is 1. The van der Waals surface area contributed by atoms with Gasteiger partial charge in [0.05, 0.1) is 5.69 Å². The Morgan fingerprint density at radius 1 is 1.14 bits per heavy atom. The third kappa shape index (κ3) is 3.24. The Morgan fingerprint density at radius 2 is 1.82 bits per heavy atom. The Morgan fingerprint density at radius 3 is 2.36 bits per heavy atom. The first kappa shape index (κ1) is 14.5. The van der Waals surface area contributed by atoms with E-state index in [1.807, 2.05) is 0 Å². The van der Waals surface area contributed by atoms with E-state index in [9.17, 15) is 18.0 Å². The highest BCUT2D eigenvalue weighted by atomic mass is 19.4. The molecule has 0 aliphatic heterocycles. The molecule has 0 amide bonds. The van der Waals surface area contributed by atoms with E-state index in [-0.39, 0.29) is 17.7 Å². The topological polar surface area (TPSA) is 52.1 Å². The number of hydrogen-bond acceptors (Lipinski definition) is 4. The molecule has 114 valence electrons. The van der Waals surface area contributed by atoms with Crippen LogP contribution in [0.4, 0.5) is 13.2 Å². The predicted molar refractivity (Wildman–Crippen MR) is 70.9 cm³/mol. The van der Waals surface area contributed by atoms with E-state index in [0.29, 0.717) is 17.5 Å². The summed E-state index contributed by atoms with van der Waals surface area (Å²) < 4.78 is 43.9. The van der Waals surface area contributed by atoms with Crippen LogP contribution in [0, 0.1) is 0 Å². The lowest BCUT2D eigenvalue weighted by atomic mass is 10.2. The minimum Gasteiger partial charge on any atom is -0.424 e. The zero-order chi connectivity index (χ0) is 15.7. The van der Waals surface area contributed by atoms with E-state index < -0.39 is 11.9 Å².